The fraction of sp³-hybridized carbons (Fsp3) is 0.500. The smallest absolute Gasteiger partial charge is 0.271 e. The molecule has 0 aromatic carbocycles. The average molecular weight is 236 g/mol. The molecule has 0 aliphatic carbocycles. The Morgan fingerprint density at radius 1 is 1.59 bits per heavy atom. The first-order valence-corrected chi connectivity index (χ1v) is 5.53. The highest BCUT2D eigenvalue weighted by molar-refractivity contribution is 5.37. The lowest BCUT2D eigenvalue weighted by atomic mass is 10.1. The van der Waals surface area contributed by atoms with Crippen LogP contribution in [0.1, 0.15) is 24.5 Å². The minimum Gasteiger partial charge on any atom is -0.494 e. The number of nitriles is 1. The van der Waals surface area contributed by atoms with E-state index < -0.39 is 5.56 Å². The van der Waals surface area contributed by atoms with Crippen molar-refractivity contribution in [3.8, 4) is 11.9 Å². The topological polar surface area (TPSA) is 75.2 Å². The zero-order valence-corrected chi connectivity index (χ0v) is 10.1. The van der Waals surface area contributed by atoms with Crippen molar-refractivity contribution in [2.45, 2.75) is 26.8 Å². The third-order valence-electron chi connectivity index (χ3n) is 2.46. The highest BCUT2D eigenvalue weighted by atomic mass is 16.5. The molecule has 1 N–H and O–H groups in total. The van der Waals surface area contributed by atoms with E-state index in [1.165, 1.54) is 10.6 Å². The van der Waals surface area contributed by atoms with Crippen molar-refractivity contribution in [3.63, 3.8) is 0 Å². The van der Waals surface area contributed by atoms with Crippen molar-refractivity contribution >= 4 is 0 Å². The van der Waals surface area contributed by atoms with Gasteiger partial charge in [-0.25, -0.2) is 0 Å². The summed E-state index contributed by atoms with van der Waals surface area (Å²) in [6.07, 6.45) is 0.620. The molecule has 5 nitrogen and oxygen atoms in total. The van der Waals surface area contributed by atoms with Crippen LogP contribution in [0.4, 0.5) is 0 Å². The third kappa shape index (κ3) is 3.08. The number of pyridine rings is 1. The van der Waals surface area contributed by atoms with Crippen molar-refractivity contribution < 1.29 is 9.84 Å². The van der Waals surface area contributed by atoms with Gasteiger partial charge < -0.3 is 9.84 Å². The summed E-state index contributed by atoms with van der Waals surface area (Å²) in [5, 5.41) is 18.5. The second kappa shape index (κ2) is 6.06. The van der Waals surface area contributed by atoms with E-state index in [4.69, 9.17) is 10.00 Å². The van der Waals surface area contributed by atoms with Gasteiger partial charge in [0.15, 0.2) is 5.88 Å². The van der Waals surface area contributed by atoms with Crippen LogP contribution in [0, 0.1) is 18.3 Å². The Balaban J connectivity index is 2.93. The van der Waals surface area contributed by atoms with Gasteiger partial charge in [-0.3, -0.25) is 9.36 Å². The number of aryl methyl sites for hydroxylation is 1. The van der Waals surface area contributed by atoms with E-state index in [0.29, 0.717) is 31.7 Å². The van der Waals surface area contributed by atoms with Crippen molar-refractivity contribution in [1.29, 1.82) is 5.26 Å². The summed E-state index contributed by atoms with van der Waals surface area (Å²) in [7, 11) is 0. The molecular formula is C12H16N2O3. The number of aromatic hydroxyl groups is 1. The van der Waals surface area contributed by atoms with Gasteiger partial charge in [0.05, 0.1) is 0 Å². The second-order valence-electron chi connectivity index (χ2n) is 3.68. The molecule has 0 radical (unpaired) electrons. The molecule has 5 heteroatoms. The molecule has 0 saturated heterocycles. The summed E-state index contributed by atoms with van der Waals surface area (Å²) >= 11 is 0. The zero-order valence-electron chi connectivity index (χ0n) is 10.1. The van der Waals surface area contributed by atoms with E-state index >= 15 is 0 Å². The molecule has 0 spiro atoms. The van der Waals surface area contributed by atoms with E-state index in [0.717, 1.165) is 0 Å². The number of hydrogen-bond acceptors (Lipinski definition) is 4. The predicted octanol–water partition coefficient (Wildman–Crippen LogP) is 1.16. The van der Waals surface area contributed by atoms with Gasteiger partial charge in [-0.2, -0.15) is 5.26 Å². The van der Waals surface area contributed by atoms with Gasteiger partial charge in [0.25, 0.3) is 5.56 Å². The highest BCUT2D eigenvalue weighted by Crippen LogP contribution is 2.12. The molecule has 0 amide bonds. The quantitative estimate of drug-likeness (QED) is 0.778. The van der Waals surface area contributed by atoms with Gasteiger partial charge in [-0.1, -0.05) is 0 Å². The summed E-state index contributed by atoms with van der Waals surface area (Å²) in [5.41, 5.74) is 0.136. The molecule has 0 saturated carbocycles. The summed E-state index contributed by atoms with van der Waals surface area (Å²) in [6, 6.07) is 3.29. The molecule has 0 atom stereocenters. The number of ether oxygens (including phenoxy) is 1. The fourth-order valence-electron chi connectivity index (χ4n) is 1.57. The van der Waals surface area contributed by atoms with Crippen LogP contribution < -0.4 is 5.56 Å². The van der Waals surface area contributed by atoms with Gasteiger partial charge >= 0.3 is 0 Å². The lowest BCUT2D eigenvalue weighted by Crippen LogP contribution is -2.24. The minimum absolute atomic E-state index is 0.0826. The molecule has 92 valence electrons. The number of aromatic nitrogens is 1. The van der Waals surface area contributed by atoms with Gasteiger partial charge in [0.2, 0.25) is 0 Å². The Morgan fingerprint density at radius 2 is 2.29 bits per heavy atom. The van der Waals surface area contributed by atoms with Crippen LogP contribution in [-0.4, -0.2) is 22.9 Å². The maximum absolute atomic E-state index is 11.8. The largest absolute Gasteiger partial charge is 0.494 e. The van der Waals surface area contributed by atoms with E-state index in [2.05, 4.69) is 0 Å². The molecular weight excluding hydrogens is 220 g/mol. The van der Waals surface area contributed by atoms with Crippen molar-refractivity contribution in [2.24, 2.45) is 0 Å². The number of hydrogen-bond donors (Lipinski definition) is 1. The van der Waals surface area contributed by atoms with Crippen LogP contribution in [0.15, 0.2) is 10.9 Å². The Morgan fingerprint density at radius 3 is 2.88 bits per heavy atom. The van der Waals surface area contributed by atoms with E-state index in [1.807, 2.05) is 13.0 Å². The van der Waals surface area contributed by atoms with Crippen molar-refractivity contribution in [1.82, 2.24) is 4.57 Å². The fourth-order valence-corrected chi connectivity index (χ4v) is 1.57. The molecule has 1 aromatic heterocycles. The maximum atomic E-state index is 11.8. The van der Waals surface area contributed by atoms with E-state index in [1.54, 1.807) is 6.92 Å². The molecule has 0 unspecified atom stereocenters. The van der Waals surface area contributed by atoms with Crippen LogP contribution in [0.25, 0.3) is 0 Å². The standard InChI is InChI=1S/C12H16N2O3/c1-3-17-6-4-5-14-11(15)7-9(2)10(8-13)12(14)16/h7,15H,3-6H2,1-2H3. The van der Waals surface area contributed by atoms with Gasteiger partial charge in [-0.15, -0.1) is 0 Å². The highest BCUT2D eigenvalue weighted by Gasteiger charge is 2.10. The van der Waals surface area contributed by atoms with Gasteiger partial charge in [0, 0.05) is 25.8 Å². The monoisotopic (exact) mass is 236 g/mol. The predicted molar refractivity (Wildman–Crippen MR) is 62.9 cm³/mol. The molecule has 1 heterocycles. The maximum Gasteiger partial charge on any atom is 0.271 e. The van der Waals surface area contributed by atoms with Crippen LogP contribution in [0.2, 0.25) is 0 Å². The first kappa shape index (κ1) is 13.3. The molecule has 1 aromatic rings. The van der Waals surface area contributed by atoms with Crippen LogP contribution in [-0.2, 0) is 11.3 Å². The molecule has 0 fully saturated rings. The summed E-state index contributed by atoms with van der Waals surface area (Å²) in [4.78, 5) is 11.8. The Kier molecular flexibility index (Phi) is 4.73. The third-order valence-corrected chi connectivity index (χ3v) is 2.46. The van der Waals surface area contributed by atoms with Crippen molar-refractivity contribution in [2.75, 3.05) is 13.2 Å². The molecule has 0 aliphatic heterocycles. The lowest BCUT2D eigenvalue weighted by molar-refractivity contribution is 0.140. The second-order valence-corrected chi connectivity index (χ2v) is 3.68. The van der Waals surface area contributed by atoms with Crippen LogP contribution in [0.3, 0.4) is 0 Å². The lowest BCUT2D eigenvalue weighted by Gasteiger charge is -2.10. The molecule has 17 heavy (non-hydrogen) atoms. The average Bonchev–Trinajstić information content (AvgIpc) is 2.28. The van der Waals surface area contributed by atoms with Crippen LogP contribution in [0.5, 0.6) is 5.88 Å². The first-order valence-electron chi connectivity index (χ1n) is 5.53. The summed E-state index contributed by atoms with van der Waals surface area (Å²) in [6.45, 7) is 5.02. The number of rotatable bonds is 5. The van der Waals surface area contributed by atoms with Crippen molar-refractivity contribution in [3.05, 3.63) is 27.5 Å². The van der Waals surface area contributed by atoms with E-state index in [-0.39, 0.29) is 11.4 Å². The van der Waals surface area contributed by atoms with Crippen LogP contribution >= 0.6 is 0 Å². The Bertz CT molecular complexity index is 486. The zero-order chi connectivity index (χ0) is 12.8. The van der Waals surface area contributed by atoms with E-state index in [9.17, 15) is 9.90 Å². The summed E-state index contributed by atoms with van der Waals surface area (Å²) < 4.78 is 6.35. The Hall–Kier alpha value is -1.80. The van der Waals surface area contributed by atoms with Gasteiger partial charge in [0.1, 0.15) is 11.6 Å². The molecule has 0 aliphatic rings. The Labute approximate surface area is 99.9 Å². The van der Waals surface area contributed by atoms with Gasteiger partial charge in [-0.05, 0) is 25.8 Å². The minimum atomic E-state index is -0.443. The normalized spacial score (nSPS) is 10.2. The molecule has 0 bridgehead atoms. The number of nitrogens with zero attached hydrogens (tertiary/aromatic N) is 2. The SMILES string of the molecule is CCOCCCn1c(O)cc(C)c(C#N)c1=O. The molecule has 1 rings (SSSR count). The first-order chi connectivity index (χ1) is 8.11. The summed E-state index contributed by atoms with van der Waals surface area (Å²) in [5.74, 6) is -0.108.